The average Bonchev–Trinajstić information content (AvgIpc) is 2.82. The fourth-order valence-corrected chi connectivity index (χ4v) is 4.02. The van der Waals surface area contributed by atoms with Gasteiger partial charge in [-0.15, -0.1) is 0 Å². The van der Waals surface area contributed by atoms with Crippen LogP contribution in [-0.2, 0) is 4.74 Å². The van der Waals surface area contributed by atoms with Crippen molar-refractivity contribution >= 4 is 5.97 Å². The van der Waals surface area contributed by atoms with E-state index in [1.54, 1.807) is 18.2 Å². The molecule has 0 unspecified atom stereocenters. The summed E-state index contributed by atoms with van der Waals surface area (Å²) in [5, 5.41) is 18.7. The second kappa shape index (κ2) is 21.0. The lowest BCUT2D eigenvalue weighted by atomic mass is 10.0. The van der Waals surface area contributed by atoms with Crippen molar-refractivity contribution in [1.82, 2.24) is 0 Å². The molecular formula is C28H48O5. The zero-order valence-corrected chi connectivity index (χ0v) is 20.9. The number of aromatic carboxylic acids is 1. The third-order valence-corrected chi connectivity index (χ3v) is 6.06. The molecule has 0 saturated carbocycles. The lowest BCUT2D eigenvalue weighted by Crippen LogP contribution is -2.28. The molecule has 0 fully saturated rings. The predicted molar refractivity (Wildman–Crippen MR) is 135 cm³/mol. The highest BCUT2D eigenvalue weighted by Crippen LogP contribution is 2.19. The molecule has 0 aromatic heterocycles. The van der Waals surface area contributed by atoms with E-state index in [9.17, 15) is 15.0 Å². The predicted octanol–water partition coefficient (Wildman–Crippen LogP) is 7.40. The fraction of sp³-hybridized carbons (Fsp3) is 0.750. The maximum atomic E-state index is 11.3. The summed E-state index contributed by atoms with van der Waals surface area (Å²) in [7, 11) is 0. The van der Waals surface area contributed by atoms with Crippen molar-refractivity contribution in [2.45, 2.75) is 116 Å². The van der Waals surface area contributed by atoms with Crippen molar-refractivity contribution in [1.29, 1.82) is 0 Å². The maximum Gasteiger partial charge on any atom is 0.339 e. The van der Waals surface area contributed by atoms with Crippen molar-refractivity contribution < 1.29 is 24.5 Å². The lowest BCUT2D eigenvalue weighted by Gasteiger charge is -2.18. The van der Waals surface area contributed by atoms with Crippen LogP contribution in [0.4, 0.5) is 0 Å². The molecule has 5 heteroatoms. The van der Waals surface area contributed by atoms with Gasteiger partial charge in [0.15, 0.2) is 0 Å². The Morgan fingerprint density at radius 3 is 1.76 bits per heavy atom. The van der Waals surface area contributed by atoms with Crippen LogP contribution in [0.5, 0.6) is 5.75 Å². The Hall–Kier alpha value is -1.59. The Bertz CT molecular complexity index is 589. The van der Waals surface area contributed by atoms with E-state index in [1.807, 2.05) is 0 Å². The molecule has 0 radical (unpaired) electrons. The third kappa shape index (κ3) is 15.8. The molecule has 33 heavy (non-hydrogen) atoms. The van der Waals surface area contributed by atoms with Crippen LogP contribution in [0.15, 0.2) is 24.3 Å². The Balaban J connectivity index is 1.91. The SMILES string of the molecule is CCCCCCCCCCCCCCCCCCOC[C@H](CO)Oc1ccccc1C(=O)O. The first-order chi connectivity index (χ1) is 16.2. The van der Waals surface area contributed by atoms with E-state index < -0.39 is 12.1 Å². The summed E-state index contributed by atoms with van der Waals surface area (Å²) in [6.07, 6.45) is 20.9. The number of benzene rings is 1. The second-order valence-corrected chi connectivity index (χ2v) is 9.10. The first-order valence-corrected chi connectivity index (χ1v) is 13.4. The number of carboxylic acid groups (broad SMARTS) is 1. The van der Waals surface area contributed by atoms with Gasteiger partial charge in [-0.05, 0) is 18.6 Å². The van der Waals surface area contributed by atoms with Gasteiger partial charge in [-0.2, -0.15) is 0 Å². The number of para-hydroxylation sites is 1. The van der Waals surface area contributed by atoms with Crippen LogP contribution in [0.1, 0.15) is 120 Å². The van der Waals surface area contributed by atoms with E-state index in [4.69, 9.17) is 9.47 Å². The number of hydrogen-bond acceptors (Lipinski definition) is 4. The molecule has 0 aliphatic heterocycles. The van der Waals surface area contributed by atoms with Gasteiger partial charge in [0.25, 0.3) is 0 Å². The van der Waals surface area contributed by atoms with Gasteiger partial charge in [0.05, 0.1) is 13.2 Å². The number of hydrogen-bond donors (Lipinski definition) is 2. The molecule has 0 amide bonds. The highest BCUT2D eigenvalue weighted by Gasteiger charge is 2.15. The van der Waals surface area contributed by atoms with Crippen LogP contribution in [0.25, 0.3) is 0 Å². The molecule has 0 aliphatic rings. The van der Waals surface area contributed by atoms with Crippen molar-refractivity contribution in [3.8, 4) is 5.75 Å². The molecule has 1 atom stereocenters. The molecule has 1 aromatic carbocycles. The Kier molecular flexibility index (Phi) is 18.7. The molecule has 1 aromatic rings. The molecule has 2 N–H and O–H groups in total. The van der Waals surface area contributed by atoms with E-state index in [2.05, 4.69) is 6.92 Å². The van der Waals surface area contributed by atoms with Gasteiger partial charge < -0.3 is 19.7 Å². The first-order valence-electron chi connectivity index (χ1n) is 13.4. The number of carboxylic acids is 1. The van der Waals surface area contributed by atoms with Gasteiger partial charge >= 0.3 is 5.97 Å². The minimum absolute atomic E-state index is 0.0914. The first kappa shape index (κ1) is 29.4. The van der Waals surface area contributed by atoms with Crippen LogP contribution in [-0.4, -0.2) is 42.1 Å². The highest BCUT2D eigenvalue weighted by molar-refractivity contribution is 5.90. The topological polar surface area (TPSA) is 76.0 Å². The minimum Gasteiger partial charge on any atom is -0.485 e. The zero-order valence-electron chi connectivity index (χ0n) is 20.9. The zero-order chi connectivity index (χ0) is 24.0. The summed E-state index contributed by atoms with van der Waals surface area (Å²) < 4.78 is 11.3. The van der Waals surface area contributed by atoms with Crippen LogP contribution < -0.4 is 4.74 Å². The number of unbranched alkanes of at least 4 members (excludes halogenated alkanes) is 15. The summed E-state index contributed by atoms with van der Waals surface area (Å²) in [5.74, 6) is -0.786. The summed E-state index contributed by atoms with van der Waals surface area (Å²) in [4.78, 5) is 11.3. The Morgan fingerprint density at radius 2 is 1.27 bits per heavy atom. The molecule has 0 bridgehead atoms. The van der Waals surface area contributed by atoms with Crippen molar-refractivity contribution in [2.75, 3.05) is 19.8 Å². The standard InChI is InChI=1S/C28H48O5/c1-2-3-4-5-6-7-8-9-10-11-12-13-14-15-16-19-22-32-24-25(23-29)33-27-21-18-17-20-26(27)28(30)31/h17-18,20-21,25,29H,2-16,19,22-24H2,1H3,(H,30,31)/t25-/m0/s1. The number of rotatable bonds is 23. The monoisotopic (exact) mass is 464 g/mol. The van der Waals surface area contributed by atoms with Crippen LogP contribution >= 0.6 is 0 Å². The Labute approximate surface area is 201 Å². The van der Waals surface area contributed by atoms with Crippen molar-refractivity contribution in [3.63, 3.8) is 0 Å². The van der Waals surface area contributed by atoms with Gasteiger partial charge in [-0.1, -0.05) is 115 Å². The number of aliphatic hydroxyl groups excluding tert-OH is 1. The number of carbonyl (C=O) groups is 1. The second-order valence-electron chi connectivity index (χ2n) is 9.10. The average molecular weight is 465 g/mol. The van der Waals surface area contributed by atoms with Gasteiger partial charge in [0.1, 0.15) is 17.4 Å². The minimum atomic E-state index is -1.05. The molecule has 0 saturated heterocycles. The highest BCUT2D eigenvalue weighted by atomic mass is 16.5. The third-order valence-electron chi connectivity index (χ3n) is 6.06. The van der Waals surface area contributed by atoms with E-state index in [1.165, 1.54) is 96.0 Å². The number of ether oxygens (including phenoxy) is 2. The molecule has 0 spiro atoms. The van der Waals surface area contributed by atoms with Crippen LogP contribution in [0.3, 0.4) is 0 Å². The largest absolute Gasteiger partial charge is 0.485 e. The van der Waals surface area contributed by atoms with Crippen LogP contribution in [0, 0.1) is 0 Å². The molecule has 0 aliphatic carbocycles. The van der Waals surface area contributed by atoms with E-state index in [0.29, 0.717) is 6.61 Å². The van der Waals surface area contributed by atoms with E-state index in [0.717, 1.165) is 12.8 Å². The quantitative estimate of drug-likeness (QED) is 0.165. The van der Waals surface area contributed by atoms with E-state index in [-0.39, 0.29) is 24.5 Å². The summed E-state index contributed by atoms with van der Waals surface area (Å²) in [5.41, 5.74) is 0.0914. The molecule has 1 rings (SSSR count). The van der Waals surface area contributed by atoms with Gasteiger partial charge in [0.2, 0.25) is 0 Å². The summed E-state index contributed by atoms with van der Waals surface area (Å²) >= 11 is 0. The van der Waals surface area contributed by atoms with Gasteiger partial charge in [-0.25, -0.2) is 4.79 Å². The fourth-order valence-electron chi connectivity index (χ4n) is 4.02. The smallest absolute Gasteiger partial charge is 0.339 e. The molecular weight excluding hydrogens is 416 g/mol. The Morgan fingerprint density at radius 1 is 0.788 bits per heavy atom. The molecule has 0 heterocycles. The summed E-state index contributed by atoms with van der Waals surface area (Å²) in [6, 6.07) is 6.46. The summed E-state index contributed by atoms with van der Waals surface area (Å²) in [6.45, 7) is 2.95. The van der Waals surface area contributed by atoms with Gasteiger partial charge in [0, 0.05) is 6.61 Å². The van der Waals surface area contributed by atoms with Crippen LogP contribution in [0.2, 0.25) is 0 Å². The van der Waals surface area contributed by atoms with Gasteiger partial charge in [-0.3, -0.25) is 0 Å². The molecule has 190 valence electrons. The van der Waals surface area contributed by atoms with E-state index >= 15 is 0 Å². The van der Waals surface area contributed by atoms with Crippen molar-refractivity contribution in [3.05, 3.63) is 29.8 Å². The molecule has 5 nitrogen and oxygen atoms in total. The van der Waals surface area contributed by atoms with Crippen molar-refractivity contribution in [2.24, 2.45) is 0 Å². The maximum absolute atomic E-state index is 11.3. The normalized spacial score (nSPS) is 12.1. The number of aliphatic hydroxyl groups is 1. The lowest BCUT2D eigenvalue weighted by molar-refractivity contribution is 0.0180.